The highest BCUT2D eigenvalue weighted by molar-refractivity contribution is 7.99. The van der Waals surface area contributed by atoms with Gasteiger partial charge in [-0.3, -0.25) is 14.2 Å². The summed E-state index contributed by atoms with van der Waals surface area (Å²) in [5.41, 5.74) is 2.22. The number of thiophene rings is 1. The second-order valence-electron chi connectivity index (χ2n) is 6.20. The Morgan fingerprint density at radius 2 is 1.86 bits per heavy atom. The van der Waals surface area contributed by atoms with Crippen molar-refractivity contribution in [3.8, 4) is 5.69 Å². The number of thioether (sulfide) groups is 1. The van der Waals surface area contributed by atoms with Crippen molar-refractivity contribution >= 4 is 50.8 Å². The lowest BCUT2D eigenvalue weighted by molar-refractivity contribution is -0.118. The number of fused-ring (bicyclic) bond motifs is 1. The molecule has 29 heavy (non-hydrogen) atoms. The lowest BCUT2D eigenvalue weighted by Gasteiger charge is -2.12. The molecule has 1 amide bonds. The van der Waals surface area contributed by atoms with Gasteiger partial charge in [-0.2, -0.15) is 0 Å². The summed E-state index contributed by atoms with van der Waals surface area (Å²) in [4.78, 5) is 29.9. The van der Waals surface area contributed by atoms with E-state index in [2.05, 4.69) is 10.3 Å². The van der Waals surface area contributed by atoms with Crippen molar-refractivity contribution in [3.63, 3.8) is 0 Å². The Morgan fingerprint density at radius 1 is 1.10 bits per heavy atom. The summed E-state index contributed by atoms with van der Waals surface area (Å²) < 4.78 is 2.17. The van der Waals surface area contributed by atoms with E-state index in [0.717, 1.165) is 11.3 Å². The van der Waals surface area contributed by atoms with Crippen LogP contribution in [0.25, 0.3) is 15.9 Å². The van der Waals surface area contributed by atoms with Gasteiger partial charge in [-0.25, -0.2) is 4.98 Å². The van der Waals surface area contributed by atoms with Crippen molar-refractivity contribution in [2.75, 3.05) is 5.75 Å². The van der Waals surface area contributed by atoms with Gasteiger partial charge in [0.1, 0.15) is 4.70 Å². The van der Waals surface area contributed by atoms with Crippen LogP contribution in [0.1, 0.15) is 5.56 Å². The number of aromatic nitrogens is 2. The van der Waals surface area contributed by atoms with Gasteiger partial charge in [-0.15, -0.1) is 11.3 Å². The smallest absolute Gasteiger partial charge is 0.276 e. The highest BCUT2D eigenvalue weighted by Crippen LogP contribution is 2.23. The molecule has 0 atom stereocenters. The summed E-state index contributed by atoms with van der Waals surface area (Å²) in [6, 6.07) is 18.5. The number of benzene rings is 2. The lowest BCUT2D eigenvalue weighted by Crippen LogP contribution is -2.26. The summed E-state index contributed by atoms with van der Waals surface area (Å²) in [6.07, 6.45) is 0. The summed E-state index contributed by atoms with van der Waals surface area (Å²) in [5.74, 6) is 0.0203. The molecule has 0 saturated heterocycles. The Bertz CT molecular complexity index is 1200. The standard InChI is InChI=1S/C21H16ClN3O2S2/c22-15-8-6-14(7-9-15)12-23-18(26)13-29-21-24-17-10-11-28-19(17)20(27)25(21)16-4-2-1-3-5-16/h1-11H,12-13H2,(H,23,26). The van der Waals surface area contributed by atoms with E-state index in [1.165, 1.54) is 23.1 Å². The zero-order valence-corrected chi connectivity index (χ0v) is 17.6. The number of halogens is 1. The number of rotatable bonds is 6. The van der Waals surface area contributed by atoms with E-state index >= 15 is 0 Å². The first kappa shape index (κ1) is 19.7. The first-order chi connectivity index (χ1) is 14.1. The monoisotopic (exact) mass is 441 g/mol. The van der Waals surface area contributed by atoms with Crippen molar-refractivity contribution in [3.05, 3.63) is 87.0 Å². The van der Waals surface area contributed by atoms with Gasteiger partial charge in [-0.05, 0) is 41.3 Å². The van der Waals surface area contributed by atoms with Crippen LogP contribution in [0.2, 0.25) is 5.02 Å². The Hall–Kier alpha value is -2.61. The van der Waals surface area contributed by atoms with E-state index in [4.69, 9.17) is 11.6 Å². The Kier molecular flexibility index (Phi) is 5.99. The average molecular weight is 442 g/mol. The van der Waals surface area contributed by atoms with E-state index in [9.17, 15) is 9.59 Å². The summed E-state index contributed by atoms with van der Waals surface area (Å²) in [7, 11) is 0. The van der Waals surface area contributed by atoms with E-state index in [-0.39, 0.29) is 17.2 Å². The first-order valence-corrected chi connectivity index (χ1v) is 11.1. The van der Waals surface area contributed by atoms with Crippen LogP contribution in [-0.4, -0.2) is 21.2 Å². The molecule has 0 aliphatic rings. The second kappa shape index (κ2) is 8.82. The lowest BCUT2D eigenvalue weighted by atomic mass is 10.2. The predicted octanol–water partition coefficient (Wildman–Crippen LogP) is 4.51. The average Bonchev–Trinajstić information content (AvgIpc) is 3.21. The van der Waals surface area contributed by atoms with Crippen LogP contribution in [-0.2, 0) is 11.3 Å². The molecule has 2 heterocycles. The fraction of sp³-hybridized carbons (Fsp3) is 0.0952. The Balaban J connectivity index is 1.53. The normalized spacial score (nSPS) is 10.9. The second-order valence-corrected chi connectivity index (χ2v) is 8.49. The largest absolute Gasteiger partial charge is 0.351 e. The van der Waals surface area contributed by atoms with Crippen LogP contribution in [0.5, 0.6) is 0 Å². The van der Waals surface area contributed by atoms with Gasteiger partial charge in [0, 0.05) is 11.6 Å². The highest BCUT2D eigenvalue weighted by Gasteiger charge is 2.15. The van der Waals surface area contributed by atoms with Crippen LogP contribution < -0.4 is 10.9 Å². The molecule has 146 valence electrons. The summed E-state index contributed by atoms with van der Waals surface area (Å²) in [6.45, 7) is 0.416. The van der Waals surface area contributed by atoms with Gasteiger partial charge in [0.05, 0.1) is 17.0 Å². The van der Waals surface area contributed by atoms with Crippen LogP contribution in [0.3, 0.4) is 0 Å². The number of hydrogen-bond acceptors (Lipinski definition) is 5. The molecule has 5 nitrogen and oxygen atoms in total. The third-order valence-electron chi connectivity index (χ3n) is 4.20. The van der Waals surface area contributed by atoms with Crippen molar-refractivity contribution in [2.45, 2.75) is 11.7 Å². The molecule has 0 unspecified atom stereocenters. The minimum atomic E-state index is -0.135. The number of carbonyl (C=O) groups excluding carboxylic acids is 1. The van der Waals surface area contributed by atoms with Crippen molar-refractivity contribution in [1.82, 2.24) is 14.9 Å². The number of nitrogens with one attached hydrogen (secondary N) is 1. The van der Waals surface area contributed by atoms with Gasteiger partial charge in [0.15, 0.2) is 5.16 Å². The molecule has 0 aliphatic carbocycles. The quantitative estimate of drug-likeness (QED) is 0.353. The number of hydrogen-bond donors (Lipinski definition) is 1. The van der Waals surface area contributed by atoms with E-state index in [1.807, 2.05) is 53.9 Å². The number of carbonyl (C=O) groups is 1. The van der Waals surface area contributed by atoms with Crippen molar-refractivity contribution in [1.29, 1.82) is 0 Å². The molecule has 1 N–H and O–H groups in total. The summed E-state index contributed by atoms with van der Waals surface area (Å²) in [5, 5.41) is 5.88. The van der Waals surface area contributed by atoms with Crippen LogP contribution >= 0.6 is 34.7 Å². The SMILES string of the molecule is O=C(CSc1nc2ccsc2c(=O)n1-c1ccccc1)NCc1ccc(Cl)cc1. The zero-order chi connectivity index (χ0) is 20.2. The molecule has 0 bridgehead atoms. The molecule has 2 aromatic heterocycles. The molecule has 2 aromatic carbocycles. The molecule has 4 aromatic rings. The maximum absolute atomic E-state index is 13.0. The van der Waals surface area contributed by atoms with Crippen molar-refractivity contribution < 1.29 is 4.79 Å². The fourth-order valence-corrected chi connectivity index (χ4v) is 4.51. The molecule has 8 heteroatoms. The highest BCUT2D eigenvalue weighted by atomic mass is 35.5. The first-order valence-electron chi connectivity index (χ1n) is 8.81. The van der Waals surface area contributed by atoms with Crippen LogP contribution in [0.4, 0.5) is 0 Å². The molecule has 0 radical (unpaired) electrons. The molecule has 0 aliphatic heterocycles. The Morgan fingerprint density at radius 3 is 2.62 bits per heavy atom. The third-order valence-corrected chi connectivity index (χ3v) is 6.28. The van der Waals surface area contributed by atoms with Crippen LogP contribution in [0, 0.1) is 0 Å². The maximum atomic E-state index is 13.0. The predicted molar refractivity (Wildman–Crippen MR) is 119 cm³/mol. The number of para-hydroxylation sites is 1. The van der Waals surface area contributed by atoms with Crippen molar-refractivity contribution in [2.24, 2.45) is 0 Å². The molecule has 0 fully saturated rings. The third kappa shape index (κ3) is 4.53. The molecule has 0 spiro atoms. The molecular formula is C21H16ClN3O2S2. The molecule has 4 rings (SSSR count). The minimum absolute atomic E-state index is 0.125. The number of nitrogens with zero attached hydrogens (tertiary/aromatic N) is 2. The van der Waals surface area contributed by atoms with Gasteiger partial charge in [0.25, 0.3) is 5.56 Å². The van der Waals surface area contributed by atoms with Crippen LogP contribution in [0.15, 0.2) is 76.0 Å². The van der Waals surface area contributed by atoms with E-state index in [0.29, 0.717) is 26.9 Å². The molecular weight excluding hydrogens is 426 g/mol. The minimum Gasteiger partial charge on any atom is -0.351 e. The Labute approximate surface area is 180 Å². The van der Waals surface area contributed by atoms with Gasteiger partial charge < -0.3 is 5.32 Å². The van der Waals surface area contributed by atoms with E-state index < -0.39 is 0 Å². The van der Waals surface area contributed by atoms with Gasteiger partial charge in [0.2, 0.25) is 5.91 Å². The van der Waals surface area contributed by atoms with E-state index in [1.54, 1.807) is 16.7 Å². The zero-order valence-electron chi connectivity index (χ0n) is 15.2. The van der Waals surface area contributed by atoms with Gasteiger partial charge >= 0.3 is 0 Å². The number of amides is 1. The van der Waals surface area contributed by atoms with Gasteiger partial charge in [-0.1, -0.05) is 53.7 Å². The maximum Gasteiger partial charge on any atom is 0.276 e. The fourth-order valence-electron chi connectivity index (χ4n) is 2.78. The summed E-state index contributed by atoms with van der Waals surface area (Å²) >= 11 is 8.49. The molecule has 0 saturated carbocycles. The topological polar surface area (TPSA) is 64.0 Å².